The number of fused-ring (bicyclic) bond motifs is 2. The lowest BCUT2D eigenvalue weighted by Crippen LogP contribution is -2.32. The van der Waals surface area contributed by atoms with Gasteiger partial charge in [-0.05, 0) is 12.5 Å². The Hall–Kier alpha value is -2.44. The molecule has 0 aliphatic carbocycles. The Morgan fingerprint density at radius 2 is 2.22 bits per heavy atom. The Labute approximate surface area is 134 Å². The highest BCUT2D eigenvalue weighted by molar-refractivity contribution is 5.88. The van der Waals surface area contributed by atoms with E-state index in [2.05, 4.69) is 44.0 Å². The summed E-state index contributed by atoms with van der Waals surface area (Å²) in [6.07, 6.45) is 5.71. The third kappa shape index (κ3) is 2.46. The molecule has 0 fully saturated rings. The molecule has 7 heteroatoms. The minimum absolute atomic E-state index is 0.343. The van der Waals surface area contributed by atoms with Crippen molar-refractivity contribution in [1.29, 1.82) is 0 Å². The van der Waals surface area contributed by atoms with Gasteiger partial charge >= 0.3 is 0 Å². The number of rotatable bonds is 3. The van der Waals surface area contributed by atoms with Crippen molar-refractivity contribution in [2.24, 2.45) is 7.05 Å². The fourth-order valence-electron chi connectivity index (χ4n) is 3.08. The van der Waals surface area contributed by atoms with Gasteiger partial charge in [-0.3, -0.25) is 4.68 Å². The van der Waals surface area contributed by atoms with Crippen molar-refractivity contribution < 1.29 is 0 Å². The molecular weight excluding hydrogens is 290 g/mol. The molecule has 0 amide bonds. The van der Waals surface area contributed by atoms with Crippen LogP contribution in [-0.4, -0.2) is 35.6 Å². The Bertz CT molecular complexity index is 845. The lowest BCUT2D eigenvalue weighted by Gasteiger charge is -2.24. The molecule has 0 radical (unpaired) electrons. The zero-order valence-corrected chi connectivity index (χ0v) is 13.7. The van der Waals surface area contributed by atoms with Crippen LogP contribution in [0.25, 0.3) is 11.0 Å². The molecule has 1 aliphatic heterocycles. The number of anilines is 1. The van der Waals surface area contributed by atoms with Gasteiger partial charge in [-0.2, -0.15) is 10.2 Å². The average Bonchev–Trinajstić information content (AvgIpc) is 3.12. The first kappa shape index (κ1) is 14.2. The Balaban J connectivity index is 1.57. The summed E-state index contributed by atoms with van der Waals surface area (Å²) in [6.45, 7) is 5.11. The van der Waals surface area contributed by atoms with Gasteiger partial charge in [0.05, 0.1) is 18.1 Å². The normalized spacial score (nSPS) is 17.7. The molecule has 1 unspecified atom stereocenters. The quantitative estimate of drug-likeness (QED) is 0.802. The van der Waals surface area contributed by atoms with Crippen LogP contribution in [0.3, 0.4) is 0 Å². The molecule has 3 aromatic heterocycles. The molecule has 4 heterocycles. The first-order chi connectivity index (χ1) is 11.1. The van der Waals surface area contributed by atoms with Crippen molar-refractivity contribution >= 4 is 16.7 Å². The number of nitrogens with one attached hydrogen (secondary N) is 1. The molecule has 120 valence electrons. The molecule has 4 rings (SSSR count). The maximum Gasteiger partial charge on any atom is 0.159 e. The Morgan fingerprint density at radius 3 is 3.04 bits per heavy atom. The predicted molar refractivity (Wildman–Crippen MR) is 88.4 cm³/mol. The topological polar surface area (TPSA) is 73.5 Å². The van der Waals surface area contributed by atoms with E-state index in [-0.39, 0.29) is 0 Å². The summed E-state index contributed by atoms with van der Waals surface area (Å²) in [4.78, 5) is 9.03. The van der Waals surface area contributed by atoms with Crippen LogP contribution in [0.15, 0.2) is 18.5 Å². The Kier molecular flexibility index (Phi) is 3.28. The van der Waals surface area contributed by atoms with Crippen LogP contribution in [0.1, 0.15) is 37.8 Å². The van der Waals surface area contributed by atoms with Gasteiger partial charge in [-0.15, -0.1) is 0 Å². The molecule has 1 aliphatic rings. The highest BCUT2D eigenvalue weighted by Crippen LogP contribution is 2.24. The van der Waals surface area contributed by atoms with Crippen LogP contribution in [-0.2, 0) is 20.0 Å². The zero-order valence-electron chi connectivity index (χ0n) is 13.7. The van der Waals surface area contributed by atoms with Crippen molar-refractivity contribution in [2.45, 2.75) is 45.2 Å². The SMILES string of the molecule is CC(C)c1nc2n(n1)CC(Nc1ccnc3c1cnn3C)CC2. The molecule has 1 N–H and O–H groups in total. The van der Waals surface area contributed by atoms with Crippen LogP contribution in [0, 0.1) is 0 Å². The molecule has 0 saturated heterocycles. The van der Waals surface area contributed by atoms with Crippen molar-refractivity contribution in [1.82, 2.24) is 29.5 Å². The summed E-state index contributed by atoms with van der Waals surface area (Å²) in [7, 11) is 1.91. The smallest absolute Gasteiger partial charge is 0.159 e. The van der Waals surface area contributed by atoms with E-state index in [0.29, 0.717) is 12.0 Å². The highest BCUT2D eigenvalue weighted by atomic mass is 15.4. The number of nitrogens with zero attached hydrogens (tertiary/aromatic N) is 6. The first-order valence-electron chi connectivity index (χ1n) is 8.08. The fourth-order valence-corrected chi connectivity index (χ4v) is 3.08. The Morgan fingerprint density at radius 1 is 1.35 bits per heavy atom. The number of pyridine rings is 1. The summed E-state index contributed by atoms with van der Waals surface area (Å²) in [6, 6.07) is 2.36. The molecular formula is C16H21N7. The van der Waals surface area contributed by atoms with E-state index in [9.17, 15) is 0 Å². The minimum Gasteiger partial charge on any atom is -0.380 e. The number of hydrogen-bond donors (Lipinski definition) is 1. The van der Waals surface area contributed by atoms with Gasteiger partial charge in [-0.25, -0.2) is 14.6 Å². The second-order valence-corrected chi connectivity index (χ2v) is 6.47. The molecule has 7 nitrogen and oxygen atoms in total. The molecule has 3 aromatic rings. The van der Waals surface area contributed by atoms with Gasteiger partial charge in [0.15, 0.2) is 11.5 Å². The van der Waals surface area contributed by atoms with Crippen LogP contribution in [0.4, 0.5) is 5.69 Å². The van der Waals surface area contributed by atoms with Crippen molar-refractivity contribution in [3.8, 4) is 0 Å². The molecule has 0 bridgehead atoms. The number of hydrogen-bond acceptors (Lipinski definition) is 5. The third-order valence-corrected chi connectivity index (χ3v) is 4.39. The summed E-state index contributed by atoms with van der Waals surface area (Å²) in [5.74, 6) is 2.42. The second kappa shape index (κ2) is 5.33. The lowest BCUT2D eigenvalue weighted by molar-refractivity contribution is 0.440. The van der Waals surface area contributed by atoms with E-state index in [0.717, 1.165) is 47.8 Å². The summed E-state index contributed by atoms with van der Waals surface area (Å²) >= 11 is 0. The van der Waals surface area contributed by atoms with Crippen LogP contribution in [0.2, 0.25) is 0 Å². The van der Waals surface area contributed by atoms with Gasteiger partial charge in [0, 0.05) is 37.3 Å². The maximum absolute atomic E-state index is 4.65. The van der Waals surface area contributed by atoms with Crippen molar-refractivity contribution in [3.05, 3.63) is 30.1 Å². The number of aromatic nitrogens is 6. The summed E-state index contributed by atoms with van der Waals surface area (Å²) in [5.41, 5.74) is 1.98. The van der Waals surface area contributed by atoms with Crippen LogP contribution >= 0.6 is 0 Å². The molecule has 1 atom stereocenters. The average molecular weight is 311 g/mol. The summed E-state index contributed by atoms with van der Waals surface area (Å²) < 4.78 is 3.85. The maximum atomic E-state index is 4.65. The van der Waals surface area contributed by atoms with E-state index < -0.39 is 0 Å². The fraction of sp³-hybridized carbons (Fsp3) is 0.500. The predicted octanol–water partition coefficient (Wildman–Crippen LogP) is 2.11. The lowest BCUT2D eigenvalue weighted by atomic mass is 10.1. The third-order valence-electron chi connectivity index (χ3n) is 4.39. The second-order valence-electron chi connectivity index (χ2n) is 6.47. The minimum atomic E-state index is 0.343. The van der Waals surface area contributed by atoms with E-state index in [1.807, 2.05) is 25.5 Å². The van der Waals surface area contributed by atoms with Crippen LogP contribution in [0.5, 0.6) is 0 Å². The summed E-state index contributed by atoms with van der Waals surface area (Å²) in [5, 5.41) is 13.6. The largest absolute Gasteiger partial charge is 0.380 e. The first-order valence-corrected chi connectivity index (χ1v) is 8.08. The molecule has 23 heavy (non-hydrogen) atoms. The van der Waals surface area contributed by atoms with Gasteiger partial charge < -0.3 is 5.32 Å². The molecule has 0 saturated carbocycles. The van der Waals surface area contributed by atoms with Crippen molar-refractivity contribution in [2.75, 3.05) is 5.32 Å². The highest BCUT2D eigenvalue weighted by Gasteiger charge is 2.23. The van der Waals surface area contributed by atoms with Crippen molar-refractivity contribution in [3.63, 3.8) is 0 Å². The van der Waals surface area contributed by atoms with Gasteiger partial charge in [-0.1, -0.05) is 13.8 Å². The van der Waals surface area contributed by atoms with E-state index in [1.165, 1.54) is 0 Å². The standard InChI is InChI=1S/C16H21N7/c1-10(2)15-20-14-5-4-11(9-23(14)21-15)19-13-6-7-17-16-12(13)8-18-22(16)3/h6-8,10-11H,4-5,9H2,1-3H3,(H,17,19). The number of aryl methyl sites for hydroxylation is 2. The molecule has 0 spiro atoms. The van der Waals surface area contributed by atoms with Gasteiger partial charge in [0.1, 0.15) is 5.82 Å². The van der Waals surface area contributed by atoms with E-state index in [4.69, 9.17) is 0 Å². The van der Waals surface area contributed by atoms with Gasteiger partial charge in [0.2, 0.25) is 0 Å². The monoisotopic (exact) mass is 311 g/mol. The van der Waals surface area contributed by atoms with E-state index >= 15 is 0 Å². The van der Waals surface area contributed by atoms with E-state index in [1.54, 1.807) is 4.68 Å². The zero-order chi connectivity index (χ0) is 16.0. The molecule has 0 aromatic carbocycles. The van der Waals surface area contributed by atoms with Crippen LogP contribution < -0.4 is 5.32 Å². The van der Waals surface area contributed by atoms with Gasteiger partial charge in [0.25, 0.3) is 0 Å².